The van der Waals surface area contributed by atoms with E-state index in [0.29, 0.717) is 13.1 Å². The number of fused-ring (bicyclic) bond motifs is 1. The highest BCUT2D eigenvalue weighted by Gasteiger charge is 2.53. The molecule has 0 aliphatic heterocycles. The van der Waals surface area contributed by atoms with Crippen molar-refractivity contribution >= 4 is 23.3 Å². The molecule has 0 bridgehead atoms. The number of amides is 3. The van der Waals surface area contributed by atoms with Gasteiger partial charge in [0.15, 0.2) is 0 Å². The Labute approximate surface area is 184 Å². The lowest BCUT2D eigenvalue weighted by atomic mass is 9.52. The van der Waals surface area contributed by atoms with Gasteiger partial charge in [-0.2, -0.15) is 0 Å². The maximum Gasteiger partial charge on any atom is 0.315 e. The van der Waals surface area contributed by atoms with Gasteiger partial charge in [0.25, 0.3) is 0 Å². The summed E-state index contributed by atoms with van der Waals surface area (Å²) in [7, 11) is 0. The van der Waals surface area contributed by atoms with Crippen LogP contribution in [0.25, 0.3) is 0 Å². The Hall–Kier alpha value is -1.60. The summed E-state index contributed by atoms with van der Waals surface area (Å²) >= 11 is 1.63. The van der Waals surface area contributed by atoms with Gasteiger partial charge in [-0.1, -0.05) is 26.8 Å². The standard InChI is InChI=1S/C23H37N3O3S/c1-5-24-22(29)26-18-9-11-23(4)10-8-17(20(27)19(23)15(18)3)14(2)21(28)25-13-16-7-6-12-30-16/h6-7,12,14-15,17-20,27H,5,8-11,13H2,1-4H3,(H,25,28)(H2,24,26,29)/t14-,15+,17+,18+,19+,20-,23+/m0/s1. The zero-order valence-electron chi connectivity index (χ0n) is 18.6. The molecule has 0 saturated heterocycles. The average Bonchev–Trinajstić information content (AvgIpc) is 3.22. The summed E-state index contributed by atoms with van der Waals surface area (Å²) in [5.74, 6) is -0.0583. The number of aliphatic hydroxyl groups is 1. The van der Waals surface area contributed by atoms with Gasteiger partial charge in [-0.3, -0.25) is 4.79 Å². The van der Waals surface area contributed by atoms with Crippen molar-refractivity contribution in [2.24, 2.45) is 29.1 Å². The predicted molar refractivity (Wildman–Crippen MR) is 120 cm³/mol. The molecule has 1 aromatic heterocycles. The summed E-state index contributed by atoms with van der Waals surface area (Å²) in [5.41, 5.74) is 0.0575. The van der Waals surface area contributed by atoms with Crippen molar-refractivity contribution in [2.75, 3.05) is 6.54 Å². The van der Waals surface area contributed by atoms with Crippen LogP contribution in [0, 0.1) is 29.1 Å². The van der Waals surface area contributed by atoms with Gasteiger partial charge in [0.05, 0.1) is 12.6 Å². The molecular weight excluding hydrogens is 398 g/mol. The lowest BCUT2D eigenvalue weighted by Crippen LogP contribution is -2.59. The van der Waals surface area contributed by atoms with Crippen molar-refractivity contribution in [3.05, 3.63) is 22.4 Å². The smallest absolute Gasteiger partial charge is 0.315 e. The lowest BCUT2D eigenvalue weighted by molar-refractivity contribution is -0.142. The molecule has 6 nitrogen and oxygen atoms in total. The number of rotatable bonds is 6. The number of urea groups is 1. The van der Waals surface area contributed by atoms with E-state index in [1.807, 2.05) is 31.4 Å². The van der Waals surface area contributed by atoms with Gasteiger partial charge in [0.1, 0.15) is 0 Å². The zero-order chi connectivity index (χ0) is 21.9. The van der Waals surface area contributed by atoms with Gasteiger partial charge >= 0.3 is 6.03 Å². The fourth-order valence-corrected chi connectivity index (χ4v) is 6.46. The molecule has 168 valence electrons. The first-order chi connectivity index (χ1) is 14.3. The first kappa shape index (κ1) is 23.1. The molecule has 3 amide bonds. The van der Waals surface area contributed by atoms with Gasteiger partial charge in [-0.05, 0) is 67.2 Å². The Balaban J connectivity index is 1.66. The molecule has 4 N–H and O–H groups in total. The largest absolute Gasteiger partial charge is 0.392 e. The second kappa shape index (κ2) is 9.69. The fourth-order valence-electron chi connectivity index (χ4n) is 5.82. The van der Waals surface area contributed by atoms with Crippen LogP contribution < -0.4 is 16.0 Å². The molecule has 2 aliphatic rings. The normalized spacial score (nSPS) is 34.5. The van der Waals surface area contributed by atoms with Crippen molar-refractivity contribution in [1.82, 2.24) is 16.0 Å². The minimum Gasteiger partial charge on any atom is -0.392 e. The number of hydrogen-bond donors (Lipinski definition) is 4. The topological polar surface area (TPSA) is 90.5 Å². The van der Waals surface area contributed by atoms with Gasteiger partial charge in [0.2, 0.25) is 5.91 Å². The van der Waals surface area contributed by atoms with Crippen molar-refractivity contribution in [2.45, 2.75) is 72.1 Å². The van der Waals surface area contributed by atoms with Crippen LogP contribution in [0.3, 0.4) is 0 Å². The SMILES string of the molecule is CCNC(=O)N[C@@H]1CC[C@@]2(C)CC[C@H]([C@H](C)C(=O)NCc3cccs3)[C@H](O)[C@H]2[C@@H]1C. The van der Waals surface area contributed by atoms with E-state index >= 15 is 0 Å². The molecule has 0 spiro atoms. The van der Waals surface area contributed by atoms with Crippen molar-refractivity contribution in [3.63, 3.8) is 0 Å². The van der Waals surface area contributed by atoms with E-state index in [4.69, 9.17) is 0 Å². The number of thiophene rings is 1. The molecule has 0 aromatic carbocycles. The summed E-state index contributed by atoms with van der Waals surface area (Å²) in [6.45, 7) is 9.40. The van der Waals surface area contributed by atoms with Crippen LogP contribution in [0.1, 0.15) is 58.3 Å². The van der Waals surface area contributed by atoms with Crippen LogP contribution in [0.5, 0.6) is 0 Å². The predicted octanol–water partition coefficient (Wildman–Crippen LogP) is 3.51. The highest BCUT2D eigenvalue weighted by molar-refractivity contribution is 7.09. The Kier molecular flexibility index (Phi) is 7.45. The van der Waals surface area contributed by atoms with E-state index in [-0.39, 0.29) is 47.1 Å². The Morgan fingerprint density at radius 1 is 1.30 bits per heavy atom. The molecular formula is C23H37N3O3S. The van der Waals surface area contributed by atoms with E-state index in [2.05, 4.69) is 29.8 Å². The molecule has 30 heavy (non-hydrogen) atoms. The van der Waals surface area contributed by atoms with Gasteiger partial charge in [0, 0.05) is 23.4 Å². The summed E-state index contributed by atoms with van der Waals surface area (Å²) in [4.78, 5) is 26.0. The van der Waals surface area contributed by atoms with E-state index in [1.54, 1.807) is 11.3 Å². The molecule has 1 heterocycles. The quantitative estimate of drug-likeness (QED) is 0.551. The highest BCUT2D eigenvalue weighted by atomic mass is 32.1. The third kappa shape index (κ3) is 4.83. The van der Waals surface area contributed by atoms with Crippen molar-refractivity contribution in [3.8, 4) is 0 Å². The molecule has 2 aliphatic carbocycles. The van der Waals surface area contributed by atoms with Gasteiger partial charge in [-0.15, -0.1) is 11.3 Å². The first-order valence-electron chi connectivity index (χ1n) is 11.3. The first-order valence-corrected chi connectivity index (χ1v) is 12.2. The third-order valence-corrected chi connectivity index (χ3v) is 8.49. The van der Waals surface area contributed by atoms with Crippen LogP contribution in [0.2, 0.25) is 0 Å². The lowest BCUT2D eigenvalue weighted by Gasteiger charge is -2.56. The van der Waals surface area contributed by atoms with Crippen LogP contribution >= 0.6 is 11.3 Å². The summed E-state index contributed by atoms with van der Waals surface area (Å²) in [6, 6.07) is 3.91. The Morgan fingerprint density at radius 2 is 2.03 bits per heavy atom. The average molecular weight is 436 g/mol. The molecule has 0 radical (unpaired) electrons. The maximum atomic E-state index is 12.8. The van der Waals surface area contributed by atoms with Gasteiger partial charge < -0.3 is 21.1 Å². The molecule has 2 fully saturated rings. The maximum absolute atomic E-state index is 12.8. The second-order valence-corrected chi connectivity index (χ2v) is 10.5. The molecule has 7 heteroatoms. The van der Waals surface area contributed by atoms with Crippen LogP contribution in [0.15, 0.2) is 17.5 Å². The molecule has 3 rings (SSSR count). The number of aliphatic hydroxyl groups excluding tert-OH is 1. The summed E-state index contributed by atoms with van der Waals surface area (Å²) < 4.78 is 0. The summed E-state index contributed by atoms with van der Waals surface area (Å²) in [5, 5.41) is 22.4. The molecule has 1 aromatic rings. The van der Waals surface area contributed by atoms with Crippen LogP contribution in [-0.4, -0.2) is 35.7 Å². The Morgan fingerprint density at radius 3 is 2.70 bits per heavy atom. The van der Waals surface area contributed by atoms with Crippen molar-refractivity contribution < 1.29 is 14.7 Å². The van der Waals surface area contributed by atoms with E-state index < -0.39 is 6.10 Å². The Bertz CT molecular complexity index is 725. The number of carbonyl (C=O) groups excluding carboxylic acids is 2. The summed E-state index contributed by atoms with van der Waals surface area (Å²) in [6.07, 6.45) is 3.25. The monoisotopic (exact) mass is 435 g/mol. The van der Waals surface area contributed by atoms with E-state index in [0.717, 1.165) is 30.6 Å². The third-order valence-electron chi connectivity index (χ3n) is 7.61. The minimum atomic E-state index is -0.542. The second-order valence-electron chi connectivity index (χ2n) is 9.47. The van der Waals surface area contributed by atoms with Crippen LogP contribution in [-0.2, 0) is 11.3 Å². The van der Waals surface area contributed by atoms with E-state index in [1.165, 1.54) is 0 Å². The van der Waals surface area contributed by atoms with Crippen LogP contribution in [0.4, 0.5) is 4.79 Å². The highest BCUT2D eigenvalue weighted by Crippen LogP contribution is 2.55. The fraction of sp³-hybridized carbons (Fsp3) is 0.739. The number of carbonyl (C=O) groups is 2. The molecule has 7 atom stereocenters. The zero-order valence-corrected chi connectivity index (χ0v) is 19.4. The number of nitrogens with one attached hydrogen (secondary N) is 3. The molecule has 0 unspecified atom stereocenters. The van der Waals surface area contributed by atoms with Crippen molar-refractivity contribution in [1.29, 1.82) is 0 Å². The van der Waals surface area contributed by atoms with E-state index in [9.17, 15) is 14.7 Å². The number of hydrogen-bond acceptors (Lipinski definition) is 4. The molecule has 2 saturated carbocycles. The van der Waals surface area contributed by atoms with Gasteiger partial charge in [-0.25, -0.2) is 4.79 Å². The minimum absolute atomic E-state index is 0.0107.